The summed E-state index contributed by atoms with van der Waals surface area (Å²) >= 11 is 6.30. The van der Waals surface area contributed by atoms with Gasteiger partial charge >= 0.3 is 0 Å². The van der Waals surface area contributed by atoms with Crippen LogP contribution in [0.15, 0.2) is 77.7 Å². The lowest BCUT2D eigenvalue weighted by Crippen LogP contribution is -2.51. The molecule has 1 atom stereocenters. The number of methoxy groups -OCH3 is 1. The maximum Gasteiger partial charge on any atom is 0.264 e. The lowest BCUT2D eigenvalue weighted by molar-refractivity contribution is -0.140. The second-order valence-corrected chi connectivity index (χ2v) is 10.6. The molecule has 0 radical (unpaired) electrons. The molecule has 0 saturated carbocycles. The van der Waals surface area contributed by atoms with E-state index < -0.39 is 40.2 Å². The van der Waals surface area contributed by atoms with Crippen LogP contribution in [0.5, 0.6) is 5.75 Å². The van der Waals surface area contributed by atoms with Crippen LogP contribution < -0.4 is 14.4 Å². The van der Waals surface area contributed by atoms with Crippen LogP contribution in [0.25, 0.3) is 0 Å². The van der Waals surface area contributed by atoms with Gasteiger partial charge in [-0.25, -0.2) is 12.8 Å². The highest BCUT2D eigenvalue weighted by Gasteiger charge is 2.33. The van der Waals surface area contributed by atoms with Gasteiger partial charge in [-0.1, -0.05) is 48.9 Å². The number of carbonyl (C=O) groups is 2. The van der Waals surface area contributed by atoms with Crippen molar-refractivity contribution in [2.75, 3.05) is 25.0 Å². The summed E-state index contributed by atoms with van der Waals surface area (Å²) in [6.45, 7) is 1.09. The quantitative estimate of drug-likeness (QED) is 0.378. The van der Waals surface area contributed by atoms with E-state index in [1.807, 2.05) is 0 Å². The molecule has 0 heterocycles. The number of ether oxygens (including phenoxy) is 1. The van der Waals surface area contributed by atoms with Crippen molar-refractivity contribution in [1.82, 2.24) is 10.2 Å². The predicted molar refractivity (Wildman–Crippen MR) is 144 cm³/mol. The molecule has 1 unspecified atom stereocenters. The standard InChI is InChI=1S/C27H29ClFN3O5S/c1-4-24(27(34)30-2)31(17-19-10-12-20(29)13-11-19)26(33)18-32(21-14-15-25(37-3)23(28)16-21)38(35,36)22-8-6-5-7-9-22/h5-16,24H,4,17-18H2,1-3H3,(H,30,34). The Bertz CT molecular complexity index is 1370. The number of nitrogens with one attached hydrogen (secondary N) is 1. The number of likely N-dealkylation sites (N-methyl/N-ethyl adjacent to an activating group) is 1. The zero-order valence-electron chi connectivity index (χ0n) is 21.2. The lowest BCUT2D eigenvalue weighted by atomic mass is 10.1. The number of carbonyl (C=O) groups excluding carboxylic acids is 2. The van der Waals surface area contributed by atoms with Crippen LogP contribution in [0.4, 0.5) is 10.1 Å². The molecule has 1 N–H and O–H groups in total. The molecule has 0 fully saturated rings. The normalized spacial score (nSPS) is 11.9. The van der Waals surface area contributed by atoms with Gasteiger partial charge in [-0.2, -0.15) is 0 Å². The second-order valence-electron chi connectivity index (χ2n) is 8.33. The fraction of sp³-hybridized carbons (Fsp3) is 0.259. The zero-order valence-corrected chi connectivity index (χ0v) is 22.8. The Labute approximate surface area is 227 Å². The first kappa shape index (κ1) is 28.9. The molecule has 0 spiro atoms. The van der Waals surface area contributed by atoms with Gasteiger partial charge in [0.05, 0.1) is 22.7 Å². The van der Waals surface area contributed by atoms with Crippen LogP contribution in [-0.4, -0.2) is 51.9 Å². The molecular formula is C27H29ClFN3O5S. The van der Waals surface area contributed by atoms with E-state index >= 15 is 0 Å². The van der Waals surface area contributed by atoms with E-state index in [1.54, 1.807) is 25.1 Å². The van der Waals surface area contributed by atoms with Gasteiger partial charge in [-0.15, -0.1) is 0 Å². The third-order valence-electron chi connectivity index (χ3n) is 5.93. The fourth-order valence-corrected chi connectivity index (χ4v) is 5.61. The van der Waals surface area contributed by atoms with Crippen molar-refractivity contribution in [1.29, 1.82) is 0 Å². The van der Waals surface area contributed by atoms with Gasteiger partial charge in [0.2, 0.25) is 11.8 Å². The highest BCUT2D eigenvalue weighted by atomic mass is 35.5. The molecule has 0 aliphatic carbocycles. The number of hydrogen-bond acceptors (Lipinski definition) is 5. The molecule has 0 aromatic heterocycles. The predicted octanol–water partition coefficient (Wildman–Crippen LogP) is 4.24. The van der Waals surface area contributed by atoms with E-state index in [-0.39, 0.29) is 28.6 Å². The summed E-state index contributed by atoms with van der Waals surface area (Å²) < 4.78 is 47.1. The fourth-order valence-electron chi connectivity index (χ4n) is 3.93. The first-order chi connectivity index (χ1) is 18.1. The Balaban J connectivity index is 2.07. The molecule has 3 rings (SSSR count). The number of amides is 2. The Hall–Kier alpha value is -3.63. The summed E-state index contributed by atoms with van der Waals surface area (Å²) in [6, 6.07) is 16.7. The summed E-state index contributed by atoms with van der Waals surface area (Å²) in [5.41, 5.74) is 0.717. The van der Waals surface area contributed by atoms with Crippen LogP contribution in [0, 0.1) is 5.82 Å². The lowest BCUT2D eigenvalue weighted by Gasteiger charge is -2.33. The average molecular weight is 562 g/mol. The summed E-state index contributed by atoms with van der Waals surface area (Å²) in [4.78, 5) is 27.8. The molecular weight excluding hydrogens is 533 g/mol. The third kappa shape index (κ3) is 6.62. The molecule has 8 nitrogen and oxygen atoms in total. The van der Waals surface area contributed by atoms with Crippen LogP contribution in [0.1, 0.15) is 18.9 Å². The summed E-state index contributed by atoms with van der Waals surface area (Å²) in [7, 11) is -1.33. The minimum absolute atomic E-state index is 0.0248. The molecule has 3 aromatic carbocycles. The minimum atomic E-state index is -4.22. The van der Waals surface area contributed by atoms with Gasteiger partial charge in [0.1, 0.15) is 24.2 Å². The van der Waals surface area contributed by atoms with E-state index in [4.69, 9.17) is 16.3 Å². The number of halogens is 2. The number of rotatable bonds is 11. The van der Waals surface area contributed by atoms with Crippen LogP contribution in [0.2, 0.25) is 5.02 Å². The van der Waals surface area contributed by atoms with Crippen LogP contribution in [0.3, 0.4) is 0 Å². The first-order valence-electron chi connectivity index (χ1n) is 11.8. The molecule has 0 aliphatic rings. The maximum atomic E-state index is 13.8. The van der Waals surface area contributed by atoms with Gasteiger partial charge in [0, 0.05) is 13.6 Å². The third-order valence-corrected chi connectivity index (χ3v) is 8.02. The summed E-state index contributed by atoms with van der Waals surface area (Å²) in [5, 5.41) is 2.71. The smallest absolute Gasteiger partial charge is 0.264 e. The average Bonchev–Trinajstić information content (AvgIpc) is 2.92. The van der Waals surface area contributed by atoms with Gasteiger partial charge < -0.3 is 15.0 Å². The van der Waals surface area contributed by atoms with Crippen LogP contribution in [-0.2, 0) is 26.2 Å². The second kappa shape index (κ2) is 12.7. The highest BCUT2D eigenvalue weighted by Crippen LogP contribution is 2.32. The van der Waals surface area contributed by atoms with Crippen molar-refractivity contribution < 1.29 is 27.1 Å². The highest BCUT2D eigenvalue weighted by molar-refractivity contribution is 7.92. The van der Waals surface area contributed by atoms with E-state index in [0.29, 0.717) is 11.3 Å². The Morgan fingerprint density at radius 2 is 1.71 bits per heavy atom. The van der Waals surface area contributed by atoms with Gasteiger partial charge in [0.25, 0.3) is 10.0 Å². The Morgan fingerprint density at radius 1 is 1.05 bits per heavy atom. The monoisotopic (exact) mass is 561 g/mol. The van der Waals surface area contributed by atoms with Crippen molar-refractivity contribution in [2.45, 2.75) is 30.8 Å². The number of nitrogens with zero attached hydrogens (tertiary/aromatic N) is 2. The largest absolute Gasteiger partial charge is 0.495 e. The summed E-state index contributed by atoms with van der Waals surface area (Å²) in [6.07, 6.45) is 0.270. The molecule has 0 bridgehead atoms. The van der Waals surface area contributed by atoms with E-state index in [0.717, 1.165) is 4.31 Å². The molecule has 0 saturated heterocycles. The van der Waals surface area contributed by atoms with E-state index in [9.17, 15) is 22.4 Å². The van der Waals surface area contributed by atoms with Gasteiger partial charge in [0.15, 0.2) is 0 Å². The zero-order chi connectivity index (χ0) is 27.9. The van der Waals surface area contributed by atoms with Crippen molar-refractivity contribution in [3.8, 4) is 5.75 Å². The van der Waals surface area contributed by atoms with Crippen molar-refractivity contribution in [2.24, 2.45) is 0 Å². The number of anilines is 1. The molecule has 38 heavy (non-hydrogen) atoms. The first-order valence-corrected chi connectivity index (χ1v) is 13.6. The molecule has 202 valence electrons. The van der Waals surface area contributed by atoms with Crippen molar-refractivity contribution in [3.63, 3.8) is 0 Å². The minimum Gasteiger partial charge on any atom is -0.495 e. The van der Waals surface area contributed by atoms with E-state index in [1.165, 1.54) is 73.7 Å². The molecule has 3 aromatic rings. The SMILES string of the molecule is CCC(C(=O)NC)N(Cc1ccc(F)cc1)C(=O)CN(c1ccc(OC)c(Cl)c1)S(=O)(=O)c1ccccc1. The molecule has 11 heteroatoms. The van der Waals surface area contributed by atoms with Crippen LogP contribution >= 0.6 is 11.6 Å². The Kier molecular flexibility index (Phi) is 9.71. The Morgan fingerprint density at radius 3 is 2.26 bits per heavy atom. The molecule has 2 amide bonds. The van der Waals surface area contributed by atoms with Gasteiger partial charge in [-0.05, 0) is 54.4 Å². The number of benzene rings is 3. The number of sulfonamides is 1. The van der Waals surface area contributed by atoms with E-state index in [2.05, 4.69) is 5.32 Å². The number of hydrogen-bond donors (Lipinski definition) is 1. The van der Waals surface area contributed by atoms with Crippen molar-refractivity contribution in [3.05, 3.63) is 89.2 Å². The maximum absolute atomic E-state index is 13.8. The summed E-state index contributed by atoms with van der Waals surface area (Å²) in [5.74, 6) is -1.15. The van der Waals surface area contributed by atoms with Gasteiger partial charge in [-0.3, -0.25) is 13.9 Å². The topological polar surface area (TPSA) is 96.0 Å². The van der Waals surface area contributed by atoms with Crippen molar-refractivity contribution >= 4 is 39.1 Å². The molecule has 0 aliphatic heterocycles.